The van der Waals surface area contributed by atoms with Crippen LogP contribution in [0.3, 0.4) is 0 Å². The number of nitrogens with zero attached hydrogens (tertiary/aromatic N) is 1. The van der Waals surface area contributed by atoms with Crippen molar-refractivity contribution in [2.24, 2.45) is 5.73 Å². The minimum Gasteiger partial charge on any atom is -0.347 e. The van der Waals surface area contributed by atoms with Crippen LogP contribution in [-0.2, 0) is 13.1 Å². The zero-order valence-electron chi connectivity index (χ0n) is 10.6. The lowest BCUT2D eigenvalue weighted by molar-refractivity contribution is 0.0945. The lowest BCUT2D eigenvalue weighted by atomic mass is 10.2. The number of carbonyl (C=O) groups excluding carboxylic acids is 1. The molecule has 0 aliphatic carbocycles. The summed E-state index contributed by atoms with van der Waals surface area (Å²) in [5.41, 5.74) is 6.50. The average molecular weight is 277 g/mol. The summed E-state index contributed by atoms with van der Waals surface area (Å²) in [6, 6.07) is 6.30. The lowest BCUT2D eigenvalue weighted by Crippen LogP contribution is -2.24. The minimum absolute atomic E-state index is 0.0805. The summed E-state index contributed by atoms with van der Waals surface area (Å²) in [5.74, 6) is -1.59. The largest absolute Gasteiger partial charge is 0.347 e. The van der Waals surface area contributed by atoms with Crippen LogP contribution in [-0.4, -0.2) is 10.9 Å². The zero-order valence-corrected chi connectivity index (χ0v) is 10.6. The highest BCUT2D eigenvalue weighted by molar-refractivity contribution is 5.92. The fraction of sp³-hybridized carbons (Fsp3) is 0.143. The summed E-state index contributed by atoms with van der Waals surface area (Å²) in [7, 11) is 0. The summed E-state index contributed by atoms with van der Waals surface area (Å²) >= 11 is 0. The fourth-order valence-corrected chi connectivity index (χ4v) is 1.62. The molecule has 0 saturated heterocycles. The predicted octanol–water partition coefficient (Wildman–Crippen LogP) is 1.75. The van der Waals surface area contributed by atoms with Gasteiger partial charge >= 0.3 is 0 Å². The third-order valence-electron chi connectivity index (χ3n) is 2.74. The van der Waals surface area contributed by atoms with Crippen LogP contribution < -0.4 is 11.1 Å². The van der Waals surface area contributed by atoms with Crippen LogP contribution in [0.2, 0.25) is 0 Å². The van der Waals surface area contributed by atoms with Gasteiger partial charge in [-0.1, -0.05) is 6.07 Å². The first-order valence-electron chi connectivity index (χ1n) is 5.97. The summed E-state index contributed by atoms with van der Waals surface area (Å²) in [6.45, 7) is 0.228. The molecule has 6 heteroatoms. The van der Waals surface area contributed by atoms with E-state index in [0.717, 1.165) is 23.8 Å². The van der Waals surface area contributed by atoms with Crippen molar-refractivity contribution < 1.29 is 13.6 Å². The minimum atomic E-state index is -0.571. The molecule has 20 heavy (non-hydrogen) atoms. The number of amides is 1. The zero-order chi connectivity index (χ0) is 14.5. The topological polar surface area (TPSA) is 68.0 Å². The van der Waals surface area contributed by atoms with Crippen molar-refractivity contribution in [3.63, 3.8) is 0 Å². The SMILES string of the molecule is NCc1ccc(C(=O)NCc2cc(F)ccc2F)nc1. The number of carbonyl (C=O) groups is 1. The summed E-state index contributed by atoms with van der Waals surface area (Å²) < 4.78 is 26.3. The highest BCUT2D eigenvalue weighted by atomic mass is 19.1. The van der Waals surface area contributed by atoms with Crippen LogP contribution in [0, 0.1) is 11.6 Å². The molecule has 0 bridgehead atoms. The number of aromatic nitrogens is 1. The molecule has 1 aromatic carbocycles. The first kappa shape index (κ1) is 14.1. The molecule has 0 saturated carbocycles. The van der Waals surface area contributed by atoms with Crippen LogP contribution >= 0.6 is 0 Å². The van der Waals surface area contributed by atoms with Gasteiger partial charge in [-0.15, -0.1) is 0 Å². The van der Waals surface area contributed by atoms with Gasteiger partial charge in [0.15, 0.2) is 0 Å². The fourth-order valence-electron chi connectivity index (χ4n) is 1.62. The number of nitrogens with two attached hydrogens (primary N) is 1. The smallest absolute Gasteiger partial charge is 0.270 e. The molecule has 1 aromatic heterocycles. The van der Waals surface area contributed by atoms with Crippen molar-refractivity contribution in [3.05, 3.63) is 65.0 Å². The van der Waals surface area contributed by atoms with Gasteiger partial charge in [0.05, 0.1) is 0 Å². The van der Waals surface area contributed by atoms with E-state index >= 15 is 0 Å². The molecule has 1 heterocycles. The maximum Gasteiger partial charge on any atom is 0.270 e. The van der Waals surface area contributed by atoms with Crippen molar-refractivity contribution in [2.75, 3.05) is 0 Å². The first-order valence-corrected chi connectivity index (χ1v) is 5.97. The maximum atomic E-state index is 13.4. The second kappa shape index (κ2) is 6.21. The molecule has 1 amide bonds. The van der Waals surface area contributed by atoms with E-state index < -0.39 is 17.5 Å². The van der Waals surface area contributed by atoms with Crippen LogP contribution in [0.25, 0.3) is 0 Å². The Labute approximate surface area is 114 Å². The van der Waals surface area contributed by atoms with Crippen molar-refractivity contribution in [3.8, 4) is 0 Å². The van der Waals surface area contributed by atoms with Gasteiger partial charge in [0.25, 0.3) is 5.91 Å². The van der Waals surface area contributed by atoms with Gasteiger partial charge < -0.3 is 11.1 Å². The molecule has 0 spiro atoms. The number of hydrogen-bond donors (Lipinski definition) is 2. The molecule has 2 aromatic rings. The second-order valence-electron chi connectivity index (χ2n) is 4.17. The Morgan fingerprint density at radius 3 is 2.70 bits per heavy atom. The number of pyridine rings is 1. The first-order chi connectivity index (χ1) is 9.60. The molecule has 4 nitrogen and oxygen atoms in total. The van der Waals surface area contributed by atoms with E-state index in [1.807, 2.05) is 0 Å². The van der Waals surface area contributed by atoms with E-state index in [4.69, 9.17) is 5.73 Å². The molecule has 0 radical (unpaired) electrons. The normalized spacial score (nSPS) is 10.3. The summed E-state index contributed by atoms with van der Waals surface area (Å²) in [4.78, 5) is 15.7. The molecule has 0 aliphatic rings. The Morgan fingerprint density at radius 2 is 2.05 bits per heavy atom. The van der Waals surface area contributed by atoms with Gasteiger partial charge in [-0.25, -0.2) is 8.78 Å². The number of halogens is 2. The van der Waals surface area contributed by atoms with E-state index in [1.165, 1.54) is 12.3 Å². The standard InChI is InChI=1S/C14H13F2N3O/c15-11-2-3-12(16)10(5-11)8-19-14(20)13-4-1-9(6-17)7-18-13/h1-5,7H,6,8,17H2,(H,19,20). The molecule has 104 valence electrons. The van der Waals surface area contributed by atoms with E-state index in [2.05, 4.69) is 10.3 Å². The monoisotopic (exact) mass is 277 g/mol. The van der Waals surface area contributed by atoms with E-state index in [9.17, 15) is 13.6 Å². The highest BCUT2D eigenvalue weighted by Crippen LogP contribution is 2.09. The third-order valence-corrected chi connectivity index (χ3v) is 2.74. The molecular weight excluding hydrogens is 264 g/mol. The van der Waals surface area contributed by atoms with E-state index in [-0.39, 0.29) is 17.8 Å². The quantitative estimate of drug-likeness (QED) is 0.894. The number of hydrogen-bond acceptors (Lipinski definition) is 3. The van der Waals surface area contributed by atoms with Crippen molar-refractivity contribution in [1.29, 1.82) is 0 Å². The molecule has 3 N–H and O–H groups in total. The number of rotatable bonds is 4. The molecule has 2 rings (SSSR count). The van der Waals surface area contributed by atoms with Gasteiger partial charge in [-0.05, 0) is 29.8 Å². The van der Waals surface area contributed by atoms with Crippen molar-refractivity contribution >= 4 is 5.91 Å². The Bertz CT molecular complexity index is 614. The van der Waals surface area contributed by atoms with Crippen LogP contribution in [0.5, 0.6) is 0 Å². The average Bonchev–Trinajstić information content (AvgIpc) is 2.48. The molecule has 0 unspecified atom stereocenters. The predicted molar refractivity (Wildman–Crippen MR) is 69.7 cm³/mol. The van der Waals surface area contributed by atoms with Crippen LogP contribution in [0.1, 0.15) is 21.6 Å². The molecule has 0 atom stereocenters. The maximum absolute atomic E-state index is 13.4. The Balaban J connectivity index is 2.02. The van der Waals surface area contributed by atoms with Gasteiger partial charge in [-0.3, -0.25) is 9.78 Å². The molecular formula is C14H13F2N3O. The number of benzene rings is 1. The van der Waals surface area contributed by atoms with E-state index in [1.54, 1.807) is 6.07 Å². The Kier molecular flexibility index (Phi) is 4.37. The van der Waals surface area contributed by atoms with Gasteiger partial charge in [-0.2, -0.15) is 0 Å². The lowest BCUT2D eigenvalue weighted by Gasteiger charge is -2.06. The van der Waals surface area contributed by atoms with Gasteiger partial charge in [0.2, 0.25) is 0 Å². The van der Waals surface area contributed by atoms with Crippen LogP contribution in [0.15, 0.2) is 36.5 Å². The molecule has 0 aliphatic heterocycles. The Morgan fingerprint density at radius 1 is 1.25 bits per heavy atom. The van der Waals surface area contributed by atoms with Gasteiger partial charge in [0, 0.05) is 24.8 Å². The summed E-state index contributed by atoms with van der Waals surface area (Å²) in [5, 5.41) is 2.48. The summed E-state index contributed by atoms with van der Waals surface area (Å²) in [6.07, 6.45) is 1.50. The second-order valence-corrected chi connectivity index (χ2v) is 4.17. The van der Waals surface area contributed by atoms with Crippen molar-refractivity contribution in [2.45, 2.75) is 13.1 Å². The third kappa shape index (κ3) is 3.36. The van der Waals surface area contributed by atoms with Crippen molar-refractivity contribution in [1.82, 2.24) is 10.3 Å². The number of nitrogens with one attached hydrogen (secondary N) is 1. The van der Waals surface area contributed by atoms with Crippen LogP contribution in [0.4, 0.5) is 8.78 Å². The van der Waals surface area contributed by atoms with E-state index in [0.29, 0.717) is 6.54 Å². The van der Waals surface area contributed by atoms with Gasteiger partial charge in [0.1, 0.15) is 17.3 Å². The molecule has 0 fully saturated rings. The highest BCUT2D eigenvalue weighted by Gasteiger charge is 2.09. The Hall–Kier alpha value is -2.34.